The molecule has 2 aliphatic rings. The first-order chi connectivity index (χ1) is 9.16. The van der Waals surface area contributed by atoms with Crippen LogP contribution in [-0.2, 0) is 0 Å². The number of Topliss-reactive ketones (excluding diaryl/α,β-unsaturated/α-hetero) is 1. The van der Waals surface area contributed by atoms with E-state index in [2.05, 4.69) is 4.98 Å². The van der Waals surface area contributed by atoms with Crippen LogP contribution in [0.1, 0.15) is 29.6 Å². The molecule has 2 atom stereocenters. The summed E-state index contributed by atoms with van der Waals surface area (Å²) in [7, 11) is 0. The van der Waals surface area contributed by atoms with E-state index in [1.165, 1.54) is 19.3 Å². The highest BCUT2D eigenvalue weighted by molar-refractivity contribution is 6.39. The molecule has 0 amide bonds. The molecule has 1 aromatic carbocycles. The number of halogens is 2. The number of hydrogen-bond acceptors (Lipinski definition) is 1. The van der Waals surface area contributed by atoms with E-state index in [9.17, 15) is 4.79 Å². The van der Waals surface area contributed by atoms with Crippen LogP contribution in [0.2, 0.25) is 10.0 Å². The Morgan fingerprint density at radius 1 is 1.21 bits per heavy atom. The van der Waals surface area contributed by atoms with E-state index in [4.69, 9.17) is 23.2 Å². The zero-order valence-corrected chi connectivity index (χ0v) is 11.8. The monoisotopic (exact) mass is 293 g/mol. The van der Waals surface area contributed by atoms with E-state index < -0.39 is 0 Å². The number of rotatable bonds is 2. The molecule has 2 aromatic rings. The number of H-pyrrole nitrogens is 1. The molecule has 0 radical (unpaired) electrons. The minimum absolute atomic E-state index is 0.236. The van der Waals surface area contributed by atoms with E-state index >= 15 is 0 Å². The molecular weight excluding hydrogens is 281 g/mol. The Morgan fingerprint density at radius 2 is 1.95 bits per heavy atom. The molecule has 4 rings (SSSR count). The van der Waals surface area contributed by atoms with E-state index in [-0.39, 0.29) is 11.7 Å². The van der Waals surface area contributed by atoms with Gasteiger partial charge in [0.05, 0.1) is 5.02 Å². The number of benzene rings is 1. The van der Waals surface area contributed by atoms with Crippen molar-refractivity contribution in [2.45, 2.75) is 19.3 Å². The Labute approximate surface area is 121 Å². The average molecular weight is 294 g/mol. The lowest BCUT2D eigenvalue weighted by molar-refractivity contribution is 0.0953. The summed E-state index contributed by atoms with van der Waals surface area (Å²) in [6.07, 6.45) is 5.48. The summed E-state index contributed by atoms with van der Waals surface area (Å²) < 4.78 is 0. The van der Waals surface area contributed by atoms with Gasteiger partial charge in [0.15, 0.2) is 5.78 Å². The van der Waals surface area contributed by atoms with Crippen LogP contribution >= 0.6 is 23.2 Å². The molecule has 2 saturated carbocycles. The van der Waals surface area contributed by atoms with Gasteiger partial charge in [0.2, 0.25) is 0 Å². The van der Waals surface area contributed by atoms with Crippen LogP contribution in [-0.4, -0.2) is 10.8 Å². The predicted octanol–water partition coefficient (Wildman–Crippen LogP) is 4.70. The Hall–Kier alpha value is -0.990. The molecule has 4 heteroatoms. The number of aromatic amines is 1. The van der Waals surface area contributed by atoms with Crippen LogP contribution in [0.15, 0.2) is 18.3 Å². The molecule has 0 saturated heterocycles. The molecule has 0 bridgehead atoms. The standard InChI is InChI=1S/C15H13Cl2NO/c16-7-4-11(17)14-10(6-18-12(14)5-7)15(19)13-8-2-1-3-9(8)13/h4-6,8-9,13,18H,1-3H2. The number of ketones is 1. The van der Waals surface area contributed by atoms with Gasteiger partial charge in [0.25, 0.3) is 0 Å². The molecule has 1 aromatic heterocycles. The number of fused-ring (bicyclic) bond motifs is 2. The molecule has 2 fully saturated rings. The molecule has 2 nitrogen and oxygen atoms in total. The molecule has 98 valence electrons. The quantitative estimate of drug-likeness (QED) is 0.800. The fourth-order valence-corrected chi connectivity index (χ4v) is 4.36. The summed E-state index contributed by atoms with van der Waals surface area (Å²) in [5.74, 6) is 1.75. The van der Waals surface area contributed by atoms with Crippen molar-refractivity contribution >= 4 is 39.9 Å². The summed E-state index contributed by atoms with van der Waals surface area (Å²) >= 11 is 12.2. The van der Waals surface area contributed by atoms with Gasteiger partial charge in [-0.2, -0.15) is 0 Å². The fraction of sp³-hybridized carbons (Fsp3) is 0.400. The van der Waals surface area contributed by atoms with Gasteiger partial charge in [-0.1, -0.05) is 29.6 Å². The molecule has 19 heavy (non-hydrogen) atoms. The minimum atomic E-state index is 0.236. The van der Waals surface area contributed by atoms with Gasteiger partial charge in [0.1, 0.15) is 0 Å². The van der Waals surface area contributed by atoms with Gasteiger partial charge in [-0.15, -0.1) is 0 Å². The number of aromatic nitrogens is 1. The SMILES string of the molecule is O=C(c1c[nH]c2cc(Cl)cc(Cl)c12)C1C2CCCC21. The Balaban J connectivity index is 1.77. The van der Waals surface area contributed by atoms with Gasteiger partial charge in [-0.05, 0) is 36.8 Å². The van der Waals surface area contributed by atoms with Crippen LogP contribution < -0.4 is 0 Å². The average Bonchev–Trinajstić information content (AvgIpc) is 2.78. The zero-order valence-electron chi connectivity index (χ0n) is 10.2. The number of carbonyl (C=O) groups is 1. The van der Waals surface area contributed by atoms with Gasteiger partial charge >= 0.3 is 0 Å². The second kappa shape index (κ2) is 4.00. The fourth-order valence-electron chi connectivity index (χ4n) is 3.77. The van der Waals surface area contributed by atoms with Crippen molar-refractivity contribution < 1.29 is 4.79 Å². The minimum Gasteiger partial charge on any atom is -0.360 e. The van der Waals surface area contributed by atoms with Crippen molar-refractivity contribution in [1.82, 2.24) is 4.98 Å². The van der Waals surface area contributed by atoms with Crippen LogP contribution in [0.5, 0.6) is 0 Å². The van der Waals surface area contributed by atoms with Gasteiger partial charge in [-0.3, -0.25) is 4.79 Å². The lowest BCUT2D eigenvalue weighted by Gasteiger charge is -2.03. The Bertz CT molecular complexity index is 681. The number of carbonyl (C=O) groups excluding carboxylic acids is 1. The van der Waals surface area contributed by atoms with Crippen LogP contribution in [0.4, 0.5) is 0 Å². The number of hydrogen-bond donors (Lipinski definition) is 1. The maximum Gasteiger partial charge on any atom is 0.168 e. The lowest BCUT2D eigenvalue weighted by Crippen LogP contribution is -2.05. The maximum atomic E-state index is 12.6. The second-order valence-corrected chi connectivity index (χ2v) is 6.50. The van der Waals surface area contributed by atoms with Gasteiger partial charge in [0, 0.05) is 33.6 Å². The topological polar surface area (TPSA) is 32.9 Å². The Kier molecular flexibility index (Phi) is 2.49. The summed E-state index contributed by atoms with van der Waals surface area (Å²) in [6, 6.07) is 3.51. The van der Waals surface area contributed by atoms with Crippen molar-refractivity contribution in [2.24, 2.45) is 17.8 Å². The van der Waals surface area contributed by atoms with Crippen LogP contribution in [0.25, 0.3) is 10.9 Å². The molecule has 0 spiro atoms. The van der Waals surface area contributed by atoms with Gasteiger partial charge < -0.3 is 4.98 Å². The third-order valence-electron chi connectivity index (χ3n) is 4.67. The lowest BCUT2D eigenvalue weighted by atomic mass is 10.0. The third kappa shape index (κ3) is 1.66. The van der Waals surface area contributed by atoms with Gasteiger partial charge in [-0.25, -0.2) is 0 Å². The first-order valence-electron chi connectivity index (χ1n) is 6.67. The van der Waals surface area contributed by atoms with Crippen LogP contribution in [0.3, 0.4) is 0 Å². The summed E-state index contributed by atoms with van der Waals surface area (Å²) in [6.45, 7) is 0. The van der Waals surface area contributed by atoms with E-state index in [0.29, 0.717) is 21.9 Å². The number of nitrogens with one attached hydrogen (secondary N) is 1. The highest BCUT2D eigenvalue weighted by Crippen LogP contribution is 2.58. The third-order valence-corrected chi connectivity index (χ3v) is 5.19. The van der Waals surface area contributed by atoms with E-state index in [1.54, 1.807) is 12.3 Å². The molecule has 1 N–H and O–H groups in total. The second-order valence-electron chi connectivity index (χ2n) is 5.66. The first-order valence-corrected chi connectivity index (χ1v) is 7.43. The van der Waals surface area contributed by atoms with E-state index in [1.807, 2.05) is 6.07 Å². The van der Waals surface area contributed by atoms with Crippen molar-refractivity contribution in [2.75, 3.05) is 0 Å². The molecule has 1 heterocycles. The van der Waals surface area contributed by atoms with Crippen molar-refractivity contribution in [1.29, 1.82) is 0 Å². The highest BCUT2D eigenvalue weighted by Gasteiger charge is 2.56. The van der Waals surface area contributed by atoms with Crippen LogP contribution in [0, 0.1) is 17.8 Å². The maximum absolute atomic E-state index is 12.6. The van der Waals surface area contributed by atoms with Crippen molar-refractivity contribution in [3.05, 3.63) is 33.9 Å². The normalized spacial score (nSPS) is 28.6. The molecular formula is C15H13Cl2NO. The first kappa shape index (κ1) is 11.8. The summed E-state index contributed by atoms with van der Waals surface area (Å²) in [5.41, 5.74) is 1.57. The molecule has 0 aliphatic heterocycles. The van der Waals surface area contributed by atoms with Crippen molar-refractivity contribution in [3.63, 3.8) is 0 Å². The highest BCUT2D eigenvalue weighted by atomic mass is 35.5. The molecule has 2 aliphatic carbocycles. The molecule has 2 unspecified atom stereocenters. The van der Waals surface area contributed by atoms with E-state index in [0.717, 1.165) is 16.5 Å². The predicted molar refractivity (Wildman–Crippen MR) is 77.0 cm³/mol. The zero-order chi connectivity index (χ0) is 13.1. The largest absolute Gasteiger partial charge is 0.360 e. The Morgan fingerprint density at radius 3 is 2.68 bits per heavy atom. The summed E-state index contributed by atoms with van der Waals surface area (Å²) in [4.78, 5) is 15.7. The smallest absolute Gasteiger partial charge is 0.168 e. The summed E-state index contributed by atoms with van der Waals surface area (Å²) in [5, 5.41) is 1.96. The van der Waals surface area contributed by atoms with Crippen molar-refractivity contribution in [3.8, 4) is 0 Å².